The second-order valence-corrected chi connectivity index (χ2v) is 26.1. The van der Waals surface area contributed by atoms with Gasteiger partial charge in [0.25, 0.3) is 0 Å². The van der Waals surface area contributed by atoms with Gasteiger partial charge in [0.2, 0.25) is 0 Å². The third-order valence-electron chi connectivity index (χ3n) is 8.42. The molecule has 0 saturated heterocycles. The fourth-order valence-electron chi connectivity index (χ4n) is 6.79. The number of hydrogen-bond acceptors (Lipinski definition) is 0. The molecule has 2 unspecified atom stereocenters. The SMILES string of the molecule is CCC1=Cc2c(-c3ccc4ccccc4c3)cccc2C1c1cccc2c1[CH]([Zr+2][SiH](C)C)c1ccccc1-2.[Cl-].[Cl-]. The van der Waals surface area contributed by atoms with Gasteiger partial charge in [0, 0.05) is 0 Å². The number of rotatable bonds is 5. The van der Waals surface area contributed by atoms with Crippen molar-refractivity contribution < 1.29 is 47.2 Å². The molecule has 0 aromatic heterocycles. The van der Waals surface area contributed by atoms with Gasteiger partial charge in [-0.3, -0.25) is 0 Å². The normalized spacial score (nSPS) is 16.4. The Morgan fingerprint density at radius 3 is 2.08 bits per heavy atom. The Morgan fingerprint density at radius 1 is 0.650 bits per heavy atom. The van der Waals surface area contributed by atoms with Crippen molar-refractivity contribution in [2.24, 2.45) is 0 Å². The van der Waals surface area contributed by atoms with E-state index in [0.717, 1.165) is 6.42 Å². The fraction of sp³-hybridized carbons (Fsp3) is 0.167. The molecule has 7 rings (SSSR count). The summed E-state index contributed by atoms with van der Waals surface area (Å²) in [5.74, 6) is -0.244. The van der Waals surface area contributed by atoms with Gasteiger partial charge in [-0.15, -0.1) is 0 Å². The summed E-state index contributed by atoms with van der Waals surface area (Å²) in [7, 11) is 0. The Hall–Kier alpha value is -2.22. The van der Waals surface area contributed by atoms with Crippen molar-refractivity contribution in [1.29, 1.82) is 0 Å². The third kappa shape index (κ3) is 4.82. The standard InChI is InChI=1S/C34H25.C2H7Si.2ClH.Zr/c1-2-22-20-32-28(26-18-17-23-9-3-4-10-24(23)19-26)13-7-15-30(32)34(22)31-16-8-14-29-27-12-6-5-11-25(27)21-33(29)31;1-3-2;;;/h3-21,34H,2H2,1H3;3H,1-2H3;2*1H;/q;;;;+2/p-2. The number of halogens is 2. The van der Waals surface area contributed by atoms with Gasteiger partial charge >= 0.3 is 234 Å². The summed E-state index contributed by atoms with van der Waals surface area (Å²) in [5, 5.41) is 2.61. The van der Waals surface area contributed by atoms with Crippen molar-refractivity contribution in [1.82, 2.24) is 0 Å². The van der Waals surface area contributed by atoms with Gasteiger partial charge in [0.1, 0.15) is 0 Å². The molecule has 2 atom stereocenters. The molecule has 4 heteroatoms. The van der Waals surface area contributed by atoms with Crippen molar-refractivity contribution >= 4 is 22.8 Å². The first-order valence-corrected chi connectivity index (χ1v) is 22.5. The number of allylic oxidation sites excluding steroid dienone is 1. The number of hydrogen-bond donors (Lipinski definition) is 0. The van der Waals surface area contributed by atoms with E-state index in [-0.39, 0.29) is 24.8 Å². The summed E-state index contributed by atoms with van der Waals surface area (Å²) in [6.07, 6.45) is 3.61. The van der Waals surface area contributed by atoms with Gasteiger partial charge in [0.05, 0.1) is 0 Å². The molecular weight excluding hydrogens is 623 g/mol. The topological polar surface area (TPSA) is 0 Å². The predicted octanol–water partition coefficient (Wildman–Crippen LogP) is 3.59. The van der Waals surface area contributed by atoms with Gasteiger partial charge in [-0.1, -0.05) is 6.07 Å². The average Bonchev–Trinajstić information content (AvgIpc) is 3.48. The second-order valence-electron chi connectivity index (χ2n) is 11.0. The summed E-state index contributed by atoms with van der Waals surface area (Å²) >= 11 is -0.531. The third-order valence-corrected chi connectivity index (χ3v) is 18.3. The van der Waals surface area contributed by atoms with Gasteiger partial charge in [-0.05, 0) is 0 Å². The molecule has 5 aromatic rings. The summed E-state index contributed by atoms with van der Waals surface area (Å²) in [6, 6.07) is 39.1. The number of benzene rings is 5. The first-order chi connectivity index (χ1) is 18.6. The molecule has 0 nitrogen and oxygen atoms in total. The number of fused-ring (bicyclic) bond motifs is 5. The Labute approximate surface area is 262 Å². The Bertz CT molecular complexity index is 1740. The molecular formula is C36H32Cl2SiZr. The van der Waals surface area contributed by atoms with Crippen LogP contribution in [0.2, 0.25) is 13.1 Å². The van der Waals surface area contributed by atoms with Crippen LogP contribution < -0.4 is 24.8 Å². The monoisotopic (exact) mass is 652 g/mol. The van der Waals surface area contributed by atoms with Crippen molar-refractivity contribution in [2.45, 2.75) is 36.0 Å². The maximum Gasteiger partial charge on any atom is -1.00 e. The Kier molecular flexibility index (Phi) is 8.74. The van der Waals surface area contributed by atoms with Crippen molar-refractivity contribution in [3.63, 3.8) is 0 Å². The van der Waals surface area contributed by atoms with Crippen molar-refractivity contribution in [3.05, 3.63) is 137 Å². The maximum absolute atomic E-state index is 2.58. The zero-order chi connectivity index (χ0) is 25.8. The summed E-state index contributed by atoms with van der Waals surface area (Å²) in [4.78, 5) is 0. The van der Waals surface area contributed by atoms with E-state index < -0.39 is 28.3 Å². The van der Waals surface area contributed by atoms with Crippen LogP contribution in [0.5, 0.6) is 0 Å². The first-order valence-electron chi connectivity index (χ1n) is 13.9. The minimum atomic E-state index is -0.601. The summed E-state index contributed by atoms with van der Waals surface area (Å²) in [5.41, 5.74) is 15.0. The molecule has 0 fully saturated rings. The maximum atomic E-state index is 2.58. The van der Waals surface area contributed by atoms with Crippen LogP contribution in [0.3, 0.4) is 0 Å². The molecule has 40 heavy (non-hydrogen) atoms. The van der Waals surface area contributed by atoms with E-state index in [9.17, 15) is 0 Å². The molecule has 0 saturated carbocycles. The molecule has 0 amide bonds. The molecule has 5 aromatic carbocycles. The predicted molar refractivity (Wildman–Crippen MR) is 162 cm³/mol. The van der Waals surface area contributed by atoms with Gasteiger partial charge in [-0.2, -0.15) is 0 Å². The molecule has 0 radical (unpaired) electrons. The molecule has 0 N–H and O–H groups in total. The fourth-order valence-corrected chi connectivity index (χ4v) is 16.7. The van der Waals surface area contributed by atoms with Gasteiger partial charge in [0.15, 0.2) is 0 Å². The van der Waals surface area contributed by atoms with Crippen LogP contribution in [0.1, 0.15) is 50.7 Å². The molecule has 0 bridgehead atoms. The van der Waals surface area contributed by atoms with Crippen molar-refractivity contribution in [2.75, 3.05) is 0 Å². The Morgan fingerprint density at radius 2 is 1.30 bits per heavy atom. The zero-order valence-electron chi connectivity index (χ0n) is 23.1. The van der Waals surface area contributed by atoms with Crippen LogP contribution in [-0.4, -0.2) is 5.92 Å². The van der Waals surface area contributed by atoms with Crippen LogP contribution in [-0.2, 0) is 22.4 Å². The molecule has 0 aliphatic heterocycles. The van der Waals surface area contributed by atoms with E-state index in [4.69, 9.17) is 0 Å². The average molecular weight is 655 g/mol. The van der Waals surface area contributed by atoms with Crippen LogP contribution in [0.4, 0.5) is 0 Å². The van der Waals surface area contributed by atoms with E-state index in [1.54, 1.807) is 22.3 Å². The quantitative estimate of drug-likeness (QED) is 0.255. The molecule has 198 valence electrons. The minimum Gasteiger partial charge on any atom is -1.00 e. The van der Waals surface area contributed by atoms with E-state index in [1.807, 2.05) is 0 Å². The summed E-state index contributed by atoms with van der Waals surface area (Å²) in [6.45, 7) is 7.49. The summed E-state index contributed by atoms with van der Waals surface area (Å²) < 4.78 is 0.693. The molecule has 0 heterocycles. The zero-order valence-corrected chi connectivity index (χ0v) is 28.2. The van der Waals surface area contributed by atoms with E-state index in [1.165, 1.54) is 44.2 Å². The van der Waals surface area contributed by atoms with Gasteiger partial charge < -0.3 is 24.8 Å². The molecule has 2 aliphatic carbocycles. The van der Waals surface area contributed by atoms with Crippen LogP contribution in [0.25, 0.3) is 39.1 Å². The minimum absolute atomic E-state index is 0. The Balaban J connectivity index is 0.00000161. The molecule has 2 aliphatic rings. The van der Waals surface area contributed by atoms with Crippen molar-refractivity contribution in [3.8, 4) is 22.3 Å². The second kappa shape index (κ2) is 11.9. The smallest absolute Gasteiger partial charge is 1.00 e. The van der Waals surface area contributed by atoms with Crippen LogP contribution in [0.15, 0.2) is 109 Å². The van der Waals surface area contributed by atoms with Gasteiger partial charge in [-0.25, -0.2) is 0 Å². The molecule has 0 spiro atoms. The first kappa shape index (κ1) is 29.3. The van der Waals surface area contributed by atoms with E-state index >= 15 is 0 Å². The largest absolute Gasteiger partial charge is 1.00 e. The van der Waals surface area contributed by atoms with E-state index in [0.29, 0.717) is 9.54 Å². The van der Waals surface area contributed by atoms with Crippen LogP contribution in [0, 0.1) is 0 Å². The van der Waals surface area contributed by atoms with E-state index in [2.05, 4.69) is 129 Å². The van der Waals surface area contributed by atoms with Crippen LogP contribution >= 0.6 is 0 Å².